The van der Waals surface area contributed by atoms with Gasteiger partial charge in [0.2, 0.25) is 6.23 Å². The molecule has 0 bridgehead atoms. The number of amides is 1. The van der Waals surface area contributed by atoms with E-state index in [9.17, 15) is 9.90 Å². The van der Waals surface area contributed by atoms with Crippen LogP contribution in [-0.4, -0.2) is 23.0 Å². The van der Waals surface area contributed by atoms with Crippen molar-refractivity contribution in [3.8, 4) is 0 Å². The molecular weight excluding hydrogens is 279 g/mol. The van der Waals surface area contributed by atoms with E-state index in [1.165, 1.54) is 0 Å². The number of hydrogen-bond acceptors (Lipinski definition) is 3. The first-order chi connectivity index (χ1) is 9.65. The molecule has 0 aromatic heterocycles. The second-order valence-electron chi connectivity index (χ2n) is 4.40. The van der Waals surface area contributed by atoms with Crippen LogP contribution < -0.4 is 5.32 Å². The number of rotatable bonds is 1. The van der Waals surface area contributed by atoms with Crippen molar-refractivity contribution in [3.63, 3.8) is 0 Å². The molecule has 100 valence electrons. The number of halogens is 1. The van der Waals surface area contributed by atoms with Crippen LogP contribution >= 0.6 is 11.6 Å². The smallest absolute Gasteiger partial charge is 0.276 e. The van der Waals surface area contributed by atoms with Crippen molar-refractivity contribution in [2.45, 2.75) is 6.23 Å². The van der Waals surface area contributed by atoms with Crippen LogP contribution in [-0.2, 0) is 4.79 Å². The molecule has 1 unspecified atom stereocenters. The summed E-state index contributed by atoms with van der Waals surface area (Å²) in [5, 5.41) is 13.0. The summed E-state index contributed by atoms with van der Waals surface area (Å²) in [6, 6.07) is 14.5. The van der Waals surface area contributed by atoms with Crippen molar-refractivity contribution in [1.82, 2.24) is 0 Å². The minimum atomic E-state index is -1.43. The van der Waals surface area contributed by atoms with Crippen molar-refractivity contribution in [2.75, 3.05) is 5.32 Å². The zero-order valence-electron chi connectivity index (χ0n) is 10.4. The molecule has 1 heterocycles. The van der Waals surface area contributed by atoms with Gasteiger partial charge in [-0.1, -0.05) is 41.9 Å². The summed E-state index contributed by atoms with van der Waals surface area (Å²) in [6.07, 6.45) is -1.43. The summed E-state index contributed by atoms with van der Waals surface area (Å²) < 4.78 is 0. The largest absolute Gasteiger partial charge is 0.364 e. The number of fused-ring (bicyclic) bond motifs is 1. The summed E-state index contributed by atoms with van der Waals surface area (Å²) in [7, 11) is 0. The Morgan fingerprint density at radius 1 is 1.15 bits per heavy atom. The van der Waals surface area contributed by atoms with Crippen molar-refractivity contribution in [1.29, 1.82) is 0 Å². The van der Waals surface area contributed by atoms with Gasteiger partial charge in [0.05, 0.1) is 11.4 Å². The molecule has 0 saturated heterocycles. The molecule has 1 aliphatic heterocycles. The third-order valence-electron chi connectivity index (χ3n) is 3.03. The number of carbonyl (C=O) groups is 1. The highest BCUT2D eigenvalue weighted by atomic mass is 35.5. The Balaban J connectivity index is 2.23. The van der Waals surface area contributed by atoms with Crippen molar-refractivity contribution < 1.29 is 9.90 Å². The van der Waals surface area contributed by atoms with Gasteiger partial charge in [0.1, 0.15) is 0 Å². The van der Waals surface area contributed by atoms with Gasteiger partial charge in [-0.2, -0.15) is 0 Å². The predicted molar refractivity (Wildman–Crippen MR) is 78.2 cm³/mol. The molecule has 1 atom stereocenters. The van der Waals surface area contributed by atoms with E-state index in [1.807, 2.05) is 30.3 Å². The van der Waals surface area contributed by atoms with E-state index in [2.05, 4.69) is 10.3 Å². The third kappa shape index (κ3) is 2.31. The fourth-order valence-electron chi connectivity index (χ4n) is 2.10. The summed E-state index contributed by atoms with van der Waals surface area (Å²) in [6.45, 7) is 0. The standard InChI is InChI=1S/C15H11ClN2O2/c16-10-6-7-12-11(8-10)13(9-4-2-1-3-5-9)18-15(20)14(19)17-12/h1-8,15,20H,(H,17,19)/i14+1,15+1,18+1. The van der Waals surface area contributed by atoms with Crippen LogP contribution in [0, 0.1) is 0 Å². The monoisotopic (exact) mass is 289 g/mol. The Bertz CT molecular complexity index is 698. The Hall–Kier alpha value is -2.17. The average Bonchev–Trinajstić information content (AvgIpc) is 2.58. The number of anilines is 1. The SMILES string of the molecule is O=[13C]1Nc2ccc(Cl)cc2C(c2ccccc2)=[15N][13CH]1O. The minimum absolute atomic E-state index is 0.536. The lowest BCUT2D eigenvalue weighted by Crippen LogP contribution is -2.24. The first-order valence-electron chi connectivity index (χ1n) is 6.07. The van der Waals surface area contributed by atoms with Gasteiger partial charge < -0.3 is 10.4 Å². The molecule has 3 rings (SSSR count). The number of hydrogen-bond donors (Lipinski definition) is 2. The van der Waals surface area contributed by atoms with E-state index in [4.69, 9.17) is 11.6 Å². The van der Waals surface area contributed by atoms with E-state index in [1.54, 1.807) is 18.2 Å². The second kappa shape index (κ2) is 5.07. The fourth-order valence-corrected chi connectivity index (χ4v) is 2.27. The van der Waals surface area contributed by atoms with E-state index in [-0.39, 0.29) is 0 Å². The second-order valence-corrected chi connectivity index (χ2v) is 4.83. The summed E-state index contributed by atoms with van der Waals surface area (Å²) >= 11 is 6.03. The van der Waals surface area contributed by atoms with E-state index in [0.29, 0.717) is 22.0 Å². The molecule has 0 aliphatic carbocycles. The van der Waals surface area contributed by atoms with Gasteiger partial charge in [-0.25, -0.2) is 4.99 Å². The van der Waals surface area contributed by atoms with Gasteiger partial charge in [-0.05, 0) is 18.2 Å². The summed E-state index contributed by atoms with van der Waals surface area (Å²) in [4.78, 5) is 15.8. The van der Waals surface area contributed by atoms with Crippen LogP contribution in [0.2, 0.25) is 5.02 Å². The first-order valence-corrected chi connectivity index (χ1v) is 6.45. The maximum absolute atomic E-state index is 11.7. The highest BCUT2D eigenvalue weighted by Crippen LogP contribution is 2.26. The van der Waals surface area contributed by atoms with Crippen LogP contribution in [0.1, 0.15) is 11.1 Å². The molecular formula is C15H11ClN2O2. The maximum Gasteiger partial charge on any atom is 0.276 e. The van der Waals surface area contributed by atoms with E-state index in [0.717, 1.165) is 5.56 Å². The average molecular weight is 290 g/mol. The van der Waals surface area contributed by atoms with Gasteiger partial charge in [-0.3, -0.25) is 4.79 Å². The minimum Gasteiger partial charge on any atom is -0.364 e. The lowest BCUT2D eigenvalue weighted by Gasteiger charge is -2.10. The number of aliphatic imine (C=N–C) groups is 1. The van der Waals surface area contributed by atoms with Crippen molar-refractivity contribution >= 4 is 28.9 Å². The van der Waals surface area contributed by atoms with Gasteiger partial charge in [0.15, 0.2) is 0 Å². The van der Waals surface area contributed by atoms with Crippen molar-refractivity contribution in [2.24, 2.45) is 4.99 Å². The van der Waals surface area contributed by atoms with E-state index >= 15 is 0 Å². The molecule has 2 N–H and O–H groups in total. The quantitative estimate of drug-likeness (QED) is 0.626. The Morgan fingerprint density at radius 3 is 2.65 bits per heavy atom. The molecule has 5 heteroatoms. The summed E-state index contributed by atoms with van der Waals surface area (Å²) in [5.74, 6) is -0.556. The van der Waals surface area contributed by atoms with Crippen molar-refractivity contribution in [3.05, 3.63) is 64.7 Å². The Morgan fingerprint density at radius 2 is 1.90 bits per heavy atom. The van der Waals surface area contributed by atoms with Gasteiger partial charge in [-0.15, -0.1) is 0 Å². The normalized spacial score (nSPS) is 17.8. The molecule has 0 fully saturated rings. The molecule has 1 amide bonds. The number of nitrogens with one attached hydrogen (secondary N) is 1. The molecule has 0 radical (unpaired) electrons. The zero-order valence-corrected chi connectivity index (χ0v) is 11.1. The lowest BCUT2D eigenvalue weighted by molar-refractivity contribution is -0.123. The molecule has 2 aromatic carbocycles. The summed E-state index contributed by atoms with van der Waals surface area (Å²) in [5.41, 5.74) is 2.62. The first kappa shape index (κ1) is 12.8. The number of nitrogens with zero attached hydrogens (tertiary/aromatic N) is 1. The van der Waals surface area contributed by atoms with E-state index < -0.39 is 12.1 Å². The lowest BCUT2D eigenvalue weighted by atomic mass is 10.0. The third-order valence-corrected chi connectivity index (χ3v) is 3.26. The Kier molecular flexibility index (Phi) is 3.26. The molecule has 2 aromatic rings. The maximum atomic E-state index is 11.7. The topological polar surface area (TPSA) is 61.7 Å². The molecule has 0 saturated carbocycles. The molecule has 20 heavy (non-hydrogen) atoms. The van der Waals surface area contributed by atoms with Crippen LogP contribution in [0.25, 0.3) is 0 Å². The molecule has 1 aliphatic rings. The highest BCUT2D eigenvalue weighted by molar-refractivity contribution is 6.32. The van der Waals surface area contributed by atoms with Crippen LogP contribution in [0.5, 0.6) is 0 Å². The zero-order chi connectivity index (χ0) is 14.1. The molecule has 4 nitrogen and oxygen atoms in total. The number of carbonyl (C=O) groups excluding carboxylic acids is 1. The predicted octanol–water partition coefficient (Wildman–Crippen LogP) is 2.45. The van der Waals surface area contributed by atoms with Crippen LogP contribution in [0.15, 0.2) is 53.5 Å². The Labute approximate surface area is 120 Å². The number of aliphatic hydroxyl groups excluding tert-OH is 1. The number of aliphatic hydroxyl groups is 1. The van der Waals surface area contributed by atoms with Gasteiger partial charge in [0.25, 0.3) is 5.91 Å². The highest BCUT2D eigenvalue weighted by Gasteiger charge is 2.23. The fraction of sp³-hybridized carbons (Fsp3) is 0.0667. The van der Waals surface area contributed by atoms with Gasteiger partial charge in [0, 0.05) is 16.1 Å². The van der Waals surface area contributed by atoms with Crippen LogP contribution in [0.3, 0.4) is 0 Å². The number of benzodiazepines with no additional fused rings is 1. The molecule has 0 spiro atoms. The van der Waals surface area contributed by atoms with Gasteiger partial charge >= 0.3 is 0 Å². The number of benzene rings is 2. The van der Waals surface area contributed by atoms with Crippen LogP contribution in [0.4, 0.5) is 5.69 Å².